The Labute approximate surface area is 82.6 Å². The van der Waals surface area contributed by atoms with Gasteiger partial charge in [-0.2, -0.15) is 0 Å². The van der Waals surface area contributed by atoms with Gasteiger partial charge in [-0.05, 0) is 34.1 Å². The lowest BCUT2D eigenvalue weighted by atomic mass is 10.2. The van der Waals surface area contributed by atoms with Crippen molar-refractivity contribution in [3.05, 3.63) is 12.8 Å². The Morgan fingerprint density at radius 1 is 1.23 bits per heavy atom. The predicted molar refractivity (Wildman–Crippen MR) is 57.7 cm³/mol. The molecule has 0 radical (unpaired) electrons. The first-order valence-electron chi connectivity index (χ1n) is 5.07. The standard InChI is InChI=1S/C11H23NO/c1-6-13-9-7-8-12(10(2)3)11(4)5/h6,10-11H,1,7-9H2,2-5H3. The topological polar surface area (TPSA) is 12.5 Å². The van der Waals surface area contributed by atoms with Crippen molar-refractivity contribution in [3.8, 4) is 0 Å². The molecule has 0 rings (SSSR count). The van der Waals surface area contributed by atoms with Gasteiger partial charge in [0.15, 0.2) is 0 Å². The first-order chi connectivity index (χ1) is 6.09. The fourth-order valence-corrected chi connectivity index (χ4v) is 1.53. The summed E-state index contributed by atoms with van der Waals surface area (Å²) in [5.41, 5.74) is 0. The molecule has 0 bridgehead atoms. The molecule has 0 spiro atoms. The maximum atomic E-state index is 5.08. The van der Waals surface area contributed by atoms with E-state index in [1.54, 1.807) is 0 Å². The summed E-state index contributed by atoms with van der Waals surface area (Å²) in [6, 6.07) is 1.23. The van der Waals surface area contributed by atoms with Crippen molar-refractivity contribution < 1.29 is 4.74 Å². The highest BCUT2D eigenvalue weighted by Crippen LogP contribution is 2.05. The van der Waals surface area contributed by atoms with Gasteiger partial charge in [0.25, 0.3) is 0 Å². The molecule has 2 nitrogen and oxygen atoms in total. The summed E-state index contributed by atoms with van der Waals surface area (Å²) in [6.45, 7) is 14.3. The van der Waals surface area contributed by atoms with Crippen LogP contribution in [0, 0.1) is 0 Å². The van der Waals surface area contributed by atoms with Crippen LogP contribution in [0.4, 0.5) is 0 Å². The third-order valence-electron chi connectivity index (χ3n) is 2.12. The van der Waals surface area contributed by atoms with Gasteiger partial charge in [-0.25, -0.2) is 0 Å². The minimum Gasteiger partial charge on any atom is -0.502 e. The molecule has 0 atom stereocenters. The van der Waals surface area contributed by atoms with Crippen molar-refractivity contribution in [1.29, 1.82) is 0 Å². The molecule has 0 aromatic carbocycles. The summed E-state index contributed by atoms with van der Waals surface area (Å²) >= 11 is 0. The van der Waals surface area contributed by atoms with Gasteiger partial charge >= 0.3 is 0 Å². The number of nitrogens with zero attached hydrogens (tertiary/aromatic N) is 1. The molecule has 0 aliphatic heterocycles. The highest BCUT2D eigenvalue weighted by atomic mass is 16.5. The second kappa shape index (κ2) is 6.96. The van der Waals surface area contributed by atoms with Crippen LogP contribution in [0.15, 0.2) is 12.8 Å². The van der Waals surface area contributed by atoms with E-state index in [1.165, 1.54) is 6.26 Å². The summed E-state index contributed by atoms with van der Waals surface area (Å²) in [7, 11) is 0. The van der Waals surface area contributed by atoms with Gasteiger partial charge in [-0.1, -0.05) is 6.58 Å². The van der Waals surface area contributed by atoms with Gasteiger partial charge in [0.1, 0.15) is 0 Å². The fraction of sp³-hybridized carbons (Fsp3) is 0.818. The predicted octanol–water partition coefficient (Wildman–Crippen LogP) is 2.66. The summed E-state index contributed by atoms with van der Waals surface area (Å²) < 4.78 is 5.08. The van der Waals surface area contributed by atoms with E-state index in [4.69, 9.17) is 4.74 Å². The van der Waals surface area contributed by atoms with E-state index >= 15 is 0 Å². The Bertz CT molecular complexity index is 124. The van der Waals surface area contributed by atoms with Gasteiger partial charge in [0.05, 0.1) is 12.9 Å². The maximum absolute atomic E-state index is 5.08. The summed E-state index contributed by atoms with van der Waals surface area (Å²) in [5.74, 6) is 0. The van der Waals surface area contributed by atoms with E-state index in [0.717, 1.165) is 19.6 Å². The fourth-order valence-electron chi connectivity index (χ4n) is 1.53. The Balaban J connectivity index is 3.63. The summed E-state index contributed by atoms with van der Waals surface area (Å²) in [6.07, 6.45) is 2.58. The van der Waals surface area contributed by atoms with Crippen LogP contribution in [-0.2, 0) is 4.74 Å². The number of rotatable bonds is 7. The Hall–Kier alpha value is -0.500. The second-order valence-corrected chi connectivity index (χ2v) is 3.82. The van der Waals surface area contributed by atoms with Crippen molar-refractivity contribution in [2.45, 2.75) is 46.2 Å². The Morgan fingerprint density at radius 2 is 1.77 bits per heavy atom. The average Bonchev–Trinajstić information content (AvgIpc) is 2.02. The molecule has 78 valence electrons. The van der Waals surface area contributed by atoms with Crippen LogP contribution in [0.25, 0.3) is 0 Å². The summed E-state index contributed by atoms with van der Waals surface area (Å²) in [4.78, 5) is 2.46. The van der Waals surface area contributed by atoms with E-state index in [0.29, 0.717) is 12.1 Å². The van der Waals surface area contributed by atoms with E-state index in [2.05, 4.69) is 39.2 Å². The van der Waals surface area contributed by atoms with Crippen molar-refractivity contribution in [2.24, 2.45) is 0 Å². The van der Waals surface area contributed by atoms with Crippen LogP contribution in [0.5, 0.6) is 0 Å². The minimum atomic E-state index is 0.615. The molecule has 0 saturated heterocycles. The molecule has 0 aliphatic rings. The number of hydrogen-bond donors (Lipinski definition) is 0. The van der Waals surface area contributed by atoms with Crippen molar-refractivity contribution in [1.82, 2.24) is 4.90 Å². The van der Waals surface area contributed by atoms with Gasteiger partial charge in [-0.15, -0.1) is 0 Å². The van der Waals surface area contributed by atoms with Crippen molar-refractivity contribution in [3.63, 3.8) is 0 Å². The van der Waals surface area contributed by atoms with Crippen LogP contribution in [0.3, 0.4) is 0 Å². The quantitative estimate of drug-likeness (QED) is 0.446. The van der Waals surface area contributed by atoms with E-state index in [1.807, 2.05) is 0 Å². The number of ether oxygens (including phenoxy) is 1. The molecule has 13 heavy (non-hydrogen) atoms. The molecular formula is C11H23NO. The molecule has 0 aromatic rings. The molecule has 0 amide bonds. The molecular weight excluding hydrogens is 162 g/mol. The van der Waals surface area contributed by atoms with Crippen LogP contribution in [0.1, 0.15) is 34.1 Å². The Morgan fingerprint density at radius 3 is 2.15 bits per heavy atom. The summed E-state index contributed by atoms with van der Waals surface area (Å²) in [5, 5.41) is 0. The normalized spacial score (nSPS) is 11.3. The molecule has 0 aromatic heterocycles. The maximum Gasteiger partial charge on any atom is 0.0885 e. The number of hydrogen-bond acceptors (Lipinski definition) is 2. The first kappa shape index (κ1) is 12.5. The molecule has 0 fully saturated rings. The Kier molecular flexibility index (Phi) is 6.69. The van der Waals surface area contributed by atoms with Crippen LogP contribution < -0.4 is 0 Å². The van der Waals surface area contributed by atoms with Crippen molar-refractivity contribution in [2.75, 3.05) is 13.2 Å². The smallest absolute Gasteiger partial charge is 0.0885 e. The zero-order chi connectivity index (χ0) is 10.3. The van der Waals surface area contributed by atoms with Gasteiger partial charge in [0, 0.05) is 18.6 Å². The van der Waals surface area contributed by atoms with E-state index in [-0.39, 0.29) is 0 Å². The monoisotopic (exact) mass is 185 g/mol. The third-order valence-corrected chi connectivity index (χ3v) is 2.12. The van der Waals surface area contributed by atoms with Gasteiger partial charge in [-0.3, -0.25) is 4.90 Å². The molecule has 0 saturated carbocycles. The highest BCUT2D eigenvalue weighted by Gasteiger charge is 2.11. The van der Waals surface area contributed by atoms with E-state index < -0.39 is 0 Å². The van der Waals surface area contributed by atoms with Crippen LogP contribution >= 0.6 is 0 Å². The molecule has 0 N–H and O–H groups in total. The molecule has 0 unspecified atom stereocenters. The lowest BCUT2D eigenvalue weighted by molar-refractivity contribution is 0.150. The van der Waals surface area contributed by atoms with Gasteiger partial charge in [0.2, 0.25) is 0 Å². The molecule has 0 heterocycles. The van der Waals surface area contributed by atoms with E-state index in [9.17, 15) is 0 Å². The average molecular weight is 185 g/mol. The van der Waals surface area contributed by atoms with Crippen molar-refractivity contribution >= 4 is 0 Å². The zero-order valence-electron chi connectivity index (χ0n) is 9.42. The highest BCUT2D eigenvalue weighted by molar-refractivity contribution is 4.67. The third kappa shape index (κ3) is 5.69. The van der Waals surface area contributed by atoms with Crippen LogP contribution in [-0.4, -0.2) is 30.1 Å². The molecule has 0 aliphatic carbocycles. The minimum absolute atomic E-state index is 0.615. The lowest BCUT2D eigenvalue weighted by Crippen LogP contribution is -2.38. The zero-order valence-corrected chi connectivity index (χ0v) is 9.42. The van der Waals surface area contributed by atoms with Crippen LogP contribution in [0.2, 0.25) is 0 Å². The molecule has 2 heteroatoms. The lowest BCUT2D eigenvalue weighted by Gasteiger charge is -2.30. The first-order valence-corrected chi connectivity index (χ1v) is 5.07. The SMILES string of the molecule is C=COCCCN(C(C)C)C(C)C. The largest absolute Gasteiger partial charge is 0.502 e. The van der Waals surface area contributed by atoms with Gasteiger partial charge < -0.3 is 4.74 Å². The second-order valence-electron chi connectivity index (χ2n) is 3.82.